The topological polar surface area (TPSA) is 86.6 Å². The van der Waals surface area contributed by atoms with Gasteiger partial charge in [-0.2, -0.15) is 0 Å². The van der Waals surface area contributed by atoms with E-state index >= 15 is 0 Å². The lowest BCUT2D eigenvalue weighted by atomic mass is 10.1. The molecule has 1 amide bonds. The lowest BCUT2D eigenvalue weighted by molar-refractivity contribution is -0.146. The number of carbonyl (C=O) groups excluding carboxylic acids is 1. The van der Waals surface area contributed by atoms with E-state index in [1.165, 1.54) is 0 Å². The fourth-order valence-electron chi connectivity index (χ4n) is 1.28. The molecule has 1 aromatic rings. The number of hydrogen-bond donors (Lipinski definition) is 3. The van der Waals surface area contributed by atoms with Crippen molar-refractivity contribution >= 4 is 11.9 Å². The minimum Gasteiger partial charge on any atom is -0.479 e. The Kier molecular flexibility index (Phi) is 5.03. The molecule has 0 spiro atoms. The van der Waals surface area contributed by atoms with Gasteiger partial charge in [0.1, 0.15) is 0 Å². The predicted octanol–water partition coefficient (Wildman–Crippen LogP) is 0.808. The third-order valence-corrected chi connectivity index (χ3v) is 2.34. The lowest BCUT2D eigenvalue weighted by Gasteiger charge is -2.09. The number of halogens is 4. The highest BCUT2D eigenvalue weighted by atomic mass is 19.2. The highest BCUT2D eigenvalue weighted by Gasteiger charge is 2.23. The zero-order valence-corrected chi connectivity index (χ0v) is 9.79. The van der Waals surface area contributed by atoms with E-state index in [-0.39, 0.29) is 12.6 Å². The summed E-state index contributed by atoms with van der Waals surface area (Å²) in [7, 11) is 0. The molecule has 1 atom stereocenters. The highest BCUT2D eigenvalue weighted by molar-refractivity contribution is 5.94. The van der Waals surface area contributed by atoms with Crippen LogP contribution in [-0.2, 0) is 4.79 Å². The quantitative estimate of drug-likeness (QED) is 0.426. The molecule has 5 nitrogen and oxygen atoms in total. The number of nitrogens with one attached hydrogen (secondary N) is 1. The number of carbonyl (C=O) groups is 2. The molecule has 0 bridgehead atoms. The van der Waals surface area contributed by atoms with E-state index in [1.807, 2.05) is 5.32 Å². The molecule has 1 rings (SSSR count). The third-order valence-electron chi connectivity index (χ3n) is 2.34. The summed E-state index contributed by atoms with van der Waals surface area (Å²) in [6, 6.07) is 0.177. The first kappa shape index (κ1) is 15.9. The van der Waals surface area contributed by atoms with Gasteiger partial charge in [-0.1, -0.05) is 0 Å². The molecule has 110 valence electrons. The molecule has 0 aliphatic rings. The van der Waals surface area contributed by atoms with Crippen LogP contribution in [0.2, 0.25) is 0 Å². The summed E-state index contributed by atoms with van der Waals surface area (Å²) in [5, 5.41) is 19.2. The Morgan fingerprint density at radius 2 is 1.75 bits per heavy atom. The van der Waals surface area contributed by atoms with Crippen molar-refractivity contribution in [2.45, 2.75) is 12.5 Å². The SMILES string of the molecule is O=C(NCC[C@H](O)C(=O)O)c1cc(F)c(F)c(F)c1F. The molecule has 0 aromatic heterocycles. The molecular weight excluding hydrogens is 286 g/mol. The van der Waals surface area contributed by atoms with E-state index in [0.29, 0.717) is 0 Å². The van der Waals surface area contributed by atoms with E-state index < -0.39 is 53.2 Å². The molecule has 0 aliphatic carbocycles. The Bertz CT molecular complexity index is 550. The third kappa shape index (κ3) is 3.44. The van der Waals surface area contributed by atoms with E-state index in [4.69, 9.17) is 10.2 Å². The van der Waals surface area contributed by atoms with Crippen molar-refractivity contribution in [3.63, 3.8) is 0 Å². The van der Waals surface area contributed by atoms with Crippen LogP contribution >= 0.6 is 0 Å². The van der Waals surface area contributed by atoms with Gasteiger partial charge in [0.25, 0.3) is 5.91 Å². The Labute approximate surface area is 109 Å². The monoisotopic (exact) mass is 295 g/mol. The Balaban J connectivity index is 2.76. The fourth-order valence-corrected chi connectivity index (χ4v) is 1.28. The molecule has 1 aromatic carbocycles. The van der Waals surface area contributed by atoms with Gasteiger partial charge in [0.2, 0.25) is 0 Å². The molecule has 0 saturated heterocycles. The van der Waals surface area contributed by atoms with Crippen molar-refractivity contribution in [3.05, 3.63) is 34.9 Å². The molecule has 0 radical (unpaired) electrons. The number of aliphatic hydroxyl groups excluding tert-OH is 1. The van der Waals surface area contributed by atoms with Crippen molar-refractivity contribution in [3.8, 4) is 0 Å². The van der Waals surface area contributed by atoms with Gasteiger partial charge in [-0.15, -0.1) is 0 Å². The normalized spacial score (nSPS) is 12.1. The second-order valence-corrected chi connectivity index (χ2v) is 3.75. The van der Waals surface area contributed by atoms with Crippen molar-refractivity contribution in [1.29, 1.82) is 0 Å². The summed E-state index contributed by atoms with van der Waals surface area (Å²) in [6.07, 6.45) is -2.14. The Morgan fingerprint density at radius 3 is 2.30 bits per heavy atom. The molecule has 0 heterocycles. The molecule has 20 heavy (non-hydrogen) atoms. The second kappa shape index (κ2) is 6.33. The lowest BCUT2D eigenvalue weighted by Crippen LogP contribution is -2.30. The van der Waals surface area contributed by atoms with Gasteiger partial charge >= 0.3 is 5.97 Å². The smallest absolute Gasteiger partial charge is 0.332 e. The number of hydrogen-bond acceptors (Lipinski definition) is 3. The maximum atomic E-state index is 13.2. The summed E-state index contributed by atoms with van der Waals surface area (Å²) < 4.78 is 51.6. The number of carboxylic acids is 1. The molecule has 9 heteroatoms. The first-order valence-corrected chi connectivity index (χ1v) is 5.27. The highest BCUT2D eigenvalue weighted by Crippen LogP contribution is 2.18. The molecular formula is C11H9F4NO4. The summed E-state index contributed by atoms with van der Waals surface area (Å²) in [5.74, 6) is -10.6. The minimum atomic E-state index is -2.12. The van der Waals surface area contributed by atoms with Crippen LogP contribution in [0, 0.1) is 23.3 Å². The van der Waals surface area contributed by atoms with E-state index in [9.17, 15) is 27.2 Å². The van der Waals surface area contributed by atoms with Crippen LogP contribution < -0.4 is 5.32 Å². The van der Waals surface area contributed by atoms with Crippen molar-refractivity contribution < 1.29 is 37.4 Å². The largest absolute Gasteiger partial charge is 0.479 e. The van der Waals surface area contributed by atoms with Crippen LogP contribution in [0.3, 0.4) is 0 Å². The van der Waals surface area contributed by atoms with E-state index in [1.54, 1.807) is 0 Å². The van der Waals surface area contributed by atoms with Gasteiger partial charge in [0.05, 0.1) is 5.56 Å². The van der Waals surface area contributed by atoms with Gasteiger partial charge in [-0.05, 0) is 6.07 Å². The molecule has 0 aliphatic heterocycles. The van der Waals surface area contributed by atoms with Crippen molar-refractivity contribution in [2.24, 2.45) is 0 Å². The number of amides is 1. The maximum absolute atomic E-state index is 13.2. The summed E-state index contributed by atoms with van der Waals surface area (Å²) in [4.78, 5) is 21.7. The van der Waals surface area contributed by atoms with Crippen LogP contribution in [0.25, 0.3) is 0 Å². The number of carboxylic acid groups (broad SMARTS) is 1. The standard InChI is InChI=1S/C11H9F4NO4/c12-5-3-4(7(13)9(15)8(5)14)10(18)16-2-1-6(17)11(19)20/h3,6,17H,1-2H2,(H,16,18)(H,19,20)/t6-/m0/s1. The van der Waals surface area contributed by atoms with Gasteiger partial charge in [-0.25, -0.2) is 22.4 Å². The molecule has 0 unspecified atom stereocenters. The first-order valence-electron chi connectivity index (χ1n) is 5.27. The van der Waals surface area contributed by atoms with E-state index in [2.05, 4.69) is 0 Å². The van der Waals surface area contributed by atoms with Crippen molar-refractivity contribution in [1.82, 2.24) is 5.32 Å². The van der Waals surface area contributed by atoms with Crippen LogP contribution in [0.15, 0.2) is 6.07 Å². The van der Waals surface area contributed by atoms with Crippen molar-refractivity contribution in [2.75, 3.05) is 6.54 Å². The van der Waals surface area contributed by atoms with Crippen LogP contribution in [0.4, 0.5) is 17.6 Å². The first-order chi connectivity index (χ1) is 9.25. The molecule has 3 N–H and O–H groups in total. The average molecular weight is 295 g/mol. The van der Waals surface area contributed by atoms with E-state index in [0.717, 1.165) is 0 Å². The van der Waals surface area contributed by atoms with Crippen LogP contribution in [-0.4, -0.2) is 34.7 Å². The Hall–Kier alpha value is -2.16. The number of rotatable bonds is 5. The van der Waals surface area contributed by atoms with Gasteiger partial charge in [0.15, 0.2) is 29.4 Å². The summed E-state index contributed by atoms with van der Waals surface area (Å²) in [5.41, 5.74) is -1.06. The fraction of sp³-hybridized carbons (Fsp3) is 0.273. The zero-order valence-electron chi connectivity index (χ0n) is 9.79. The average Bonchev–Trinajstić information content (AvgIpc) is 2.39. The number of aliphatic hydroxyl groups is 1. The second-order valence-electron chi connectivity index (χ2n) is 3.75. The van der Waals surface area contributed by atoms with Gasteiger partial charge < -0.3 is 15.5 Å². The van der Waals surface area contributed by atoms with Crippen LogP contribution in [0.5, 0.6) is 0 Å². The number of aliphatic carboxylic acids is 1. The van der Waals surface area contributed by atoms with Crippen LogP contribution in [0.1, 0.15) is 16.8 Å². The summed E-state index contributed by atoms with van der Waals surface area (Å²) >= 11 is 0. The Morgan fingerprint density at radius 1 is 1.15 bits per heavy atom. The minimum absolute atomic E-state index is 0.177. The van der Waals surface area contributed by atoms with Gasteiger partial charge in [-0.3, -0.25) is 4.79 Å². The molecule has 0 fully saturated rings. The summed E-state index contributed by atoms with van der Waals surface area (Å²) in [6.45, 7) is -0.383. The number of benzene rings is 1. The predicted molar refractivity (Wildman–Crippen MR) is 56.9 cm³/mol. The zero-order chi connectivity index (χ0) is 15.4. The molecule has 0 saturated carbocycles. The maximum Gasteiger partial charge on any atom is 0.332 e. The van der Waals surface area contributed by atoms with Gasteiger partial charge in [0, 0.05) is 13.0 Å².